The molecule has 1 aromatic rings. The Morgan fingerprint density at radius 3 is 2.38 bits per heavy atom. The summed E-state index contributed by atoms with van der Waals surface area (Å²) in [6.45, 7) is 9.11. The normalized spacial score (nSPS) is 17.7. The first-order valence-corrected chi connectivity index (χ1v) is 7.91. The van der Waals surface area contributed by atoms with Crippen molar-refractivity contribution in [2.24, 2.45) is 0 Å². The molecule has 2 aliphatic rings. The molecule has 0 bridgehead atoms. The largest absolute Gasteiger partial charge is 0.324 e. The van der Waals surface area contributed by atoms with Crippen molar-refractivity contribution < 1.29 is 9.18 Å². The molecule has 0 atom stereocenters. The van der Waals surface area contributed by atoms with Crippen LogP contribution in [-0.4, -0.2) is 48.1 Å². The van der Waals surface area contributed by atoms with Crippen molar-refractivity contribution in [2.45, 2.75) is 18.9 Å². The molecule has 1 aromatic carbocycles. The van der Waals surface area contributed by atoms with Gasteiger partial charge >= 0.3 is 6.03 Å². The molecule has 0 aromatic heterocycles. The van der Waals surface area contributed by atoms with Crippen molar-refractivity contribution >= 4 is 11.6 Å². The third-order valence-corrected chi connectivity index (χ3v) is 4.55. The van der Waals surface area contributed by atoms with Crippen molar-refractivity contribution in [3.8, 4) is 6.07 Å². The Hall–Kier alpha value is -2.86. The second-order valence-corrected chi connectivity index (χ2v) is 6.05. The number of carbonyl (C=O) groups excluding carboxylic acids is 1. The third-order valence-electron chi connectivity index (χ3n) is 4.55. The molecule has 3 rings (SSSR count). The summed E-state index contributed by atoms with van der Waals surface area (Å²) in [5, 5.41) is 9.45. The maximum Gasteiger partial charge on any atom is 0.320 e. The lowest BCUT2D eigenvalue weighted by molar-refractivity contribution is 0.120. The molecule has 0 radical (unpaired) electrons. The molecule has 0 aliphatic carbocycles. The number of hydrogen-bond acceptors (Lipinski definition) is 2. The second-order valence-electron chi connectivity index (χ2n) is 6.05. The maximum absolute atomic E-state index is 13.0. The number of amides is 2. The number of rotatable bonds is 1. The van der Waals surface area contributed by atoms with Gasteiger partial charge < -0.3 is 14.6 Å². The number of urea groups is 1. The van der Waals surface area contributed by atoms with Crippen molar-refractivity contribution in [3.05, 3.63) is 52.6 Å². The van der Waals surface area contributed by atoms with Gasteiger partial charge in [-0.3, -0.25) is 0 Å². The van der Waals surface area contributed by atoms with Crippen LogP contribution < -0.4 is 0 Å². The first kappa shape index (κ1) is 16.0. The zero-order valence-corrected chi connectivity index (χ0v) is 13.2. The van der Waals surface area contributed by atoms with E-state index in [9.17, 15) is 14.4 Å². The van der Waals surface area contributed by atoms with E-state index in [4.69, 9.17) is 6.57 Å². The van der Waals surface area contributed by atoms with Gasteiger partial charge in [0.25, 0.3) is 6.04 Å². The van der Waals surface area contributed by atoms with Gasteiger partial charge in [0.2, 0.25) is 0 Å². The van der Waals surface area contributed by atoms with Crippen LogP contribution in [0, 0.1) is 23.7 Å². The Bertz CT molecular complexity index is 741. The molecule has 6 heteroatoms. The molecule has 5 nitrogen and oxygen atoms in total. The zero-order valence-electron chi connectivity index (χ0n) is 13.2. The number of benzene rings is 1. The number of halogens is 1. The number of hydrogen-bond donors (Lipinski definition) is 0. The van der Waals surface area contributed by atoms with Crippen molar-refractivity contribution in [2.75, 3.05) is 26.2 Å². The fourth-order valence-electron chi connectivity index (χ4n) is 3.08. The minimum absolute atomic E-state index is 0.0192. The standard InChI is InChI=1S/C18H17FN4O/c1-21-16-11-23(12-16)18(24)22-8-6-14(7-9-22)17(10-20)13-2-4-15(19)5-3-13/h2-5,16H,6-9,11-12H2. The van der Waals surface area contributed by atoms with E-state index in [0.29, 0.717) is 44.6 Å². The lowest BCUT2D eigenvalue weighted by Crippen LogP contribution is -2.57. The van der Waals surface area contributed by atoms with Gasteiger partial charge in [-0.1, -0.05) is 12.1 Å². The fraction of sp³-hybridized carbons (Fsp3) is 0.389. The highest BCUT2D eigenvalue weighted by molar-refractivity contribution is 5.80. The summed E-state index contributed by atoms with van der Waals surface area (Å²) in [4.78, 5) is 19.2. The van der Waals surface area contributed by atoms with Gasteiger partial charge in [-0.2, -0.15) is 5.26 Å². The number of carbonyl (C=O) groups is 1. The van der Waals surface area contributed by atoms with Crippen LogP contribution >= 0.6 is 0 Å². The SMILES string of the molecule is [C-]#[N+]C1CN(C(=O)N2CCC(=C(C#N)c3ccc(F)cc3)CC2)C1. The fourth-order valence-corrected chi connectivity index (χ4v) is 3.08. The molecule has 0 unspecified atom stereocenters. The van der Waals surface area contributed by atoms with Gasteiger partial charge in [-0.25, -0.2) is 15.8 Å². The molecule has 2 saturated heterocycles. The van der Waals surface area contributed by atoms with Crippen LogP contribution in [0.5, 0.6) is 0 Å². The van der Waals surface area contributed by atoms with Crippen LogP contribution in [-0.2, 0) is 0 Å². The predicted octanol–water partition coefficient (Wildman–Crippen LogP) is 2.92. The highest BCUT2D eigenvalue weighted by Crippen LogP contribution is 2.27. The second kappa shape index (κ2) is 6.72. The summed E-state index contributed by atoms with van der Waals surface area (Å²) in [5.41, 5.74) is 2.31. The van der Waals surface area contributed by atoms with E-state index in [1.807, 2.05) is 0 Å². The Morgan fingerprint density at radius 1 is 1.21 bits per heavy atom. The van der Waals surface area contributed by atoms with E-state index in [-0.39, 0.29) is 17.9 Å². The van der Waals surface area contributed by atoms with Crippen molar-refractivity contribution in [1.82, 2.24) is 9.80 Å². The number of nitrogens with zero attached hydrogens (tertiary/aromatic N) is 4. The number of allylic oxidation sites excluding steroid dienone is 1. The van der Waals surface area contributed by atoms with Crippen LogP contribution in [0.15, 0.2) is 29.8 Å². The van der Waals surface area contributed by atoms with Crippen LogP contribution in [0.1, 0.15) is 18.4 Å². The van der Waals surface area contributed by atoms with Crippen molar-refractivity contribution in [3.63, 3.8) is 0 Å². The monoisotopic (exact) mass is 324 g/mol. The molecule has 0 saturated carbocycles. The molecule has 24 heavy (non-hydrogen) atoms. The summed E-state index contributed by atoms with van der Waals surface area (Å²) in [5.74, 6) is -0.325. The highest BCUT2D eigenvalue weighted by Gasteiger charge is 2.37. The van der Waals surface area contributed by atoms with Crippen LogP contribution in [0.25, 0.3) is 10.4 Å². The summed E-state index contributed by atoms with van der Waals surface area (Å²) in [6, 6.07) is 8.07. The molecule has 0 spiro atoms. The molecule has 0 N–H and O–H groups in total. The number of nitriles is 1. The van der Waals surface area contributed by atoms with E-state index >= 15 is 0 Å². The van der Waals surface area contributed by atoms with E-state index in [0.717, 1.165) is 11.1 Å². The minimum atomic E-state index is -0.325. The smallest absolute Gasteiger partial charge is 0.320 e. The Labute approximate surface area is 140 Å². The predicted molar refractivity (Wildman–Crippen MR) is 87.1 cm³/mol. The number of piperidine rings is 1. The molecule has 122 valence electrons. The lowest BCUT2D eigenvalue weighted by Gasteiger charge is -2.38. The molecular weight excluding hydrogens is 307 g/mol. The zero-order chi connectivity index (χ0) is 17.1. The molecule has 2 amide bonds. The average molecular weight is 324 g/mol. The van der Waals surface area contributed by atoms with Crippen LogP contribution in [0.3, 0.4) is 0 Å². The van der Waals surface area contributed by atoms with Crippen LogP contribution in [0.4, 0.5) is 9.18 Å². The maximum atomic E-state index is 13.0. The van der Waals surface area contributed by atoms with Crippen LogP contribution in [0.2, 0.25) is 0 Å². The molecule has 2 aliphatic heterocycles. The summed E-state index contributed by atoms with van der Waals surface area (Å²) >= 11 is 0. The lowest BCUT2D eigenvalue weighted by atomic mass is 9.94. The van der Waals surface area contributed by atoms with Gasteiger partial charge in [0.1, 0.15) is 5.82 Å². The first-order valence-electron chi connectivity index (χ1n) is 7.91. The van der Waals surface area contributed by atoms with Gasteiger partial charge in [-0.15, -0.1) is 0 Å². The molecular formula is C18H17FN4O. The van der Waals surface area contributed by atoms with Crippen molar-refractivity contribution in [1.29, 1.82) is 5.26 Å². The van der Waals surface area contributed by atoms with Gasteiger partial charge in [0.05, 0.1) is 24.7 Å². The van der Waals surface area contributed by atoms with Gasteiger partial charge in [0.15, 0.2) is 0 Å². The molecule has 2 fully saturated rings. The summed E-state index contributed by atoms with van der Waals surface area (Å²) in [7, 11) is 0. The summed E-state index contributed by atoms with van der Waals surface area (Å²) in [6.07, 6.45) is 1.29. The van der Waals surface area contributed by atoms with Gasteiger partial charge in [-0.05, 0) is 36.1 Å². The minimum Gasteiger partial charge on any atom is -0.324 e. The first-order chi connectivity index (χ1) is 11.6. The molecule has 2 heterocycles. The Balaban J connectivity index is 1.65. The number of likely N-dealkylation sites (tertiary alicyclic amines) is 2. The average Bonchev–Trinajstić information content (AvgIpc) is 2.57. The topological polar surface area (TPSA) is 51.7 Å². The summed E-state index contributed by atoms with van der Waals surface area (Å²) < 4.78 is 13.0. The van der Waals surface area contributed by atoms with E-state index in [1.54, 1.807) is 21.9 Å². The van der Waals surface area contributed by atoms with Gasteiger partial charge in [0, 0.05) is 13.1 Å². The Morgan fingerprint density at radius 2 is 1.83 bits per heavy atom. The van der Waals surface area contributed by atoms with E-state index in [1.165, 1.54) is 12.1 Å². The van der Waals surface area contributed by atoms with E-state index in [2.05, 4.69) is 10.9 Å². The quantitative estimate of drug-likeness (QED) is 0.589. The third kappa shape index (κ3) is 3.09. The van der Waals surface area contributed by atoms with E-state index < -0.39 is 0 Å². The Kier molecular flexibility index (Phi) is 4.48. The highest BCUT2D eigenvalue weighted by atomic mass is 19.1.